The Kier molecular flexibility index (Phi) is 4.85. The van der Waals surface area contributed by atoms with Crippen LogP contribution in [-0.2, 0) is 11.2 Å². The lowest BCUT2D eigenvalue weighted by Gasteiger charge is -2.15. The molecule has 1 N–H and O–H groups in total. The molecule has 25 heavy (non-hydrogen) atoms. The molecular weight excluding hydrogens is 351 g/mol. The van der Waals surface area contributed by atoms with E-state index >= 15 is 0 Å². The summed E-state index contributed by atoms with van der Waals surface area (Å²) in [7, 11) is 0. The highest BCUT2D eigenvalue weighted by Gasteiger charge is 2.16. The van der Waals surface area contributed by atoms with Gasteiger partial charge in [-0.15, -0.1) is 0 Å². The molecule has 2 aromatic heterocycles. The molecule has 0 unspecified atom stereocenters. The van der Waals surface area contributed by atoms with Crippen LogP contribution in [0.4, 0.5) is 4.39 Å². The summed E-state index contributed by atoms with van der Waals surface area (Å²) in [5, 5.41) is 13.6. The Morgan fingerprint density at radius 1 is 1.44 bits per heavy atom. The van der Waals surface area contributed by atoms with E-state index < -0.39 is 17.9 Å². The van der Waals surface area contributed by atoms with Gasteiger partial charge in [0.25, 0.3) is 0 Å². The number of aliphatic carboxylic acids is 1. The Bertz CT molecular complexity index is 911. The number of carbonyl (C=O) groups is 1. The molecule has 0 aliphatic carbocycles. The Hall–Kier alpha value is -2.67. The zero-order valence-corrected chi connectivity index (χ0v) is 14.0. The average molecular weight is 365 g/mol. The van der Waals surface area contributed by atoms with Crippen LogP contribution in [0.15, 0.2) is 35.0 Å². The molecule has 0 aliphatic heterocycles. The first-order valence-electron chi connectivity index (χ1n) is 7.51. The van der Waals surface area contributed by atoms with E-state index in [1.807, 2.05) is 0 Å². The van der Waals surface area contributed by atoms with Crippen LogP contribution in [0.3, 0.4) is 0 Å². The van der Waals surface area contributed by atoms with Gasteiger partial charge < -0.3 is 14.4 Å². The van der Waals surface area contributed by atoms with Crippen molar-refractivity contribution in [3.63, 3.8) is 0 Å². The minimum absolute atomic E-state index is 0.0508. The molecule has 0 fully saturated rings. The zero-order chi connectivity index (χ0) is 18.0. The highest BCUT2D eigenvalue weighted by molar-refractivity contribution is 6.32. The van der Waals surface area contributed by atoms with E-state index in [0.29, 0.717) is 33.1 Å². The second kappa shape index (κ2) is 7.06. The summed E-state index contributed by atoms with van der Waals surface area (Å²) < 4.78 is 24.0. The summed E-state index contributed by atoms with van der Waals surface area (Å²) in [6, 6.07) is 6.06. The molecule has 3 rings (SSSR count). The van der Waals surface area contributed by atoms with Crippen LogP contribution in [0.5, 0.6) is 5.75 Å². The van der Waals surface area contributed by atoms with Crippen molar-refractivity contribution in [3.05, 3.63) is 52.7 Å². The Balaban J connectivity index is 1.83. The largest absolute Gasteiger partial charge is 0.483 e. The first-order valence-corrected chi connectivity index (χ1v) is 7.89. The molecule has 0 bridgehead atoms. The van der Waals surface area contributed by atoms with Gasteiger partial charge in [0.1, 0.15) is 17.7 Å². The topological polar surface area (TPSA) is 85.5 Å². The minimum atomic E-state index is -0.914. The number of rotatable bonds is 6. The molecular formula is C17H14ClFN2O4. The molecule has 1 aromatic carbocycles. The fourth-order valence-corrected chi connectivity index (χ4v) is 2.57. The van der Waals surface area contributed by atoms with Crippen LogP contribution >= 0.6 is 11.6 Å². The van der Waals surface area contributed by atoms with Crippen molar-refractivity contribution in [2.75, 3.05) is 0 Å². The van der Waals surface area contributed by atoms with Gasteiger partial charge in [0, 0.05) is 17.9 Å². The van der Waals surface area contributed by atoms with E-state index in [9.17, 15) is 9.18 Å². The molecule has 0 radical (unpaired) electrons. The number of carboxylic acids is 1. The highest BCUT2D eigenvalue weighted by Crippen LogP contribution is 2.34. The highest BCUT2D eigenvalue weighted by atomic mass is 35.5. The molecule has 1 atom stereocenters. The maximum atomic E-state index is 13.0. The monoisotopic (exact) mass is 364 g/mol. The second-order valence-corrected chi connectivity index (χ2v) is 5.87. The summed E-state index contributed by atoms with van der Waals surface area (Å²) >= 11 is 6.26. The SMILES string of the molecule is C[C@@H](Oc1cc2onc(CCC(=O)O)c2cc1Cl)c1ccc(F)cn1. The fraction of sp³-hybridized carbons (Fsp3) is 0.235. The third kappa shape index (κ3) is 3.88. The number of halogens is 2. The number of aryl methyl sites for hydroxylation is 1. The maximum Gasteiger partial charge on any atom is 0.303 e. The number of hydrogen-bond acceptors (Lipinski definition) is 5. The van der Waals surface area contributed by atoms with E-state index in [-0.39, 0.29) is 12.8 Å². The summed E-state index contributed by atoms with van der Waals surface area (Å²) in [5.74, 6) is -0.970. The van der Waals surface area contributed by atoms with Gasteiger partial charge in [-0.25, -0.2) is 4.39 Å². The summed E-state index contributed by atoms with van der Waals surface area (Å²) in [5.41, 5.74) is 1.52. The maximum absolute atomic E-state index is 13.0. The minimum Gasteiger partial charge on any atom is -0.483 e. The van der Waals surface area contributed by atoms with Gasteiger partial charge in [0.2, 0.25) is 0 Å². The number of carboxylic acid groups (broad SMARTS) is 1. The van der Waals surface area contributed by atoms with Crippen LogP contribution in [0, 0.1) is 5.82 Å². The van der Waals surface area contributed by atoms with Crippen LogP contribution in [0.2, 0.25) is 5.02 Å². The first-order chi connectivity index (χ1) is 11.9. The van der Waals surface area contributed by atoms with Crippen molar-refractivity contribution >= 4 is 28.5 Å². The van der Waals surface area contributed by atoms with Gasteiger partial charge >= 0.3 is 5.97 Å². The third-order valence-corrected chi connectivity index (χ3v) is 3.94. The van der Waals surface area contributed by atoms with Crippen molar-refractivity contribution in [1.82, 2.24) is 10.1 Å². The average Bonchev–Trinajstić information content (AvgIpc) is 2.95. The number of pyridine rings is 1. The Morgan fingerprint density at radius 3 is 2.92 bits per heavy atom. The number of aromatic nitrogens is 2. The van der Waals surface area contributed by atoms with Crippen molar-refractivity contribution < 1.29 is 23.6 Å². The lowest BCUT2D eigenvalue weighted by Crippen LogP contribution is -2.05. The van der Waals surface area contributed by atoms with Gasteiger partial charge in [0.05, 0.1) is 29.0 Å². The molecule has 0 aliphatic rings. The lowest BCUT2D eigenvalue weighted by atomic mass is 10.1. The number of benzene rings is 1. The Morgan fingerprint density at radius 2 is 2.24 bits per heavy atom. The van der Waals surface area contributed by atoms with E-state index in [1.165, 1.54) is 12.1 Å². The van der Waals surface area contributed by atoms with Crippen LogP contribution in [0.25, 0.3) is 11.0 Å². The molecule has 0 saturated heterocycles. The number of ether oxygens (including phenoxy) is 1. The Labute approximate surface area is 147 Å². The van der Waals surface area contributed by atoms with E-state index in [0.717, 1.165) is 6.20 Å². The molecule has 0 spiro atoms. The first kappa shape index (κ1) is 17.2. The second-order valence-electron chi connectivity index (χ2n) is 5.46. The molecule has 2 heterocycles. The normalized spacial score (nSPS) is 12.3. The van der Waals surface area contributed by atoms with Crippen LogP contribution in [0.1, 0.15) is 30.8 Å². The summed E-state index contributed by atoms with van der Waals surface area (Å²) in [6.07, 6.45) is 0.856. The van der Waals surface area contributed by atoms with E-state index in [2.05, 4.69) is 10.1 Å². The molecule has 8 heteroatoms. The number of nitrogens with zero attached hydrogens (tertiary/aromatic N) is 2. The predicted molar refractivity (Wildman–Crippen MR) is 88.2 cm³/mol. The summed E-state index contributed by atoms with van der Waals surface area (Å²) in [6.45, 7) is 1.76. The van der Waals surface area contributed by atoms with E-state index in [4.69, 9.17) is 26.0 Å². The third-order valence-electron chi connectivity index (χ3n) is 3.65. The van der Waals surface area contributed by atoms with Gasteiger partial charge in [0.15, 0.2) is 5.58 Å². The predicted octanol–water partition coefficient (Wildman–Crippen LogP) is 4.17. The molecule has 3 aromatic rings. The quantitative estimate of drug-likeness (QED) is 0.706. The van der Waals surface area contributed by atoms with Crippen LogP contribution < -0.4 is 4.74 Å². The van der Waals surface area contributed by atoms with E-state index in [1.54, 1.807) is 19.1 Å². The smallest absolute Gasteiger partial charge is 0.303 e. The number of fused-ring (bicyclic) bond motifs is 1. The standard InChI is InChI=1S/C17H14ClFN2O4/c1-9(13-3-2-10(19)8-20-13)24-16-7-15-11(6-12(16)18)14(21-25-15)4-5-17(22)23/h2-3,6-9H,4-5H2,1H3,(H,22,23)/t9-/m1/s1. The summed E-state index contributed by atoms with van der Waals surface area (Å²) in [4.78, 5) is 14.7. The lowest BCUT2D eigenvalue weighted by molar-refractivity contribution is -0.136. The van der Waals surface area contributed by atoms with Crippen molar-refractivity contribution in [3.8, 4) is 5.75 Å². The zero-order valence-electron chi connectivity index (χ0n) is 13.2. The fourth-order valence-electron chi connectivity index (χ4n) is 2.36. The molecule has 0 amide bonds. The number of hydrogen-bond donors (Lipinski definition) is 1. The van der Waals surface area contributed by atoms with Gasteiger partial charge in [-0.2, -0.15) is 0 Å². The molecule has 0 saturated carbocycles. The molecule has 6 nitrogen and oxygen atoms in total. The van der Waals surface area contributed by atoms with Crippen LogP contribution in [-0.4, -0.2) is 21.2 Å². The van der Waals surface area contributed by atoms with Gasteiger partial charge in [-0.3, -0.25) is 9.78 Å². The van der Waals surface area contributed by atoms with Gasteiger partial charge in [-0.1, -0.05) is 16.8 Å². The molecule has 130 valence electrons. The van der Waals surface area contributed by atoms with Crippen molar-refractivity contribution in [1.29, 1.82) is 0 Å². The van der Waals surface area contributed by atoms with Crippen molar-refractivity contribution in [2.45, 2.75) is 25.9 Å². The van der Waals surface area contributed by atoms with Crippen molar-refractivity contribution in [2.24, 2.45) is 0 Å². The van der Waals surface area contributed by atoms with Gasteiger partial charge in [-0.05, 0) is 25.1 Å².